The number of likely N-dealkylation sites (N-methyl/N-ethyl adjacent to an activating group) is 1. The zero-order chi connectivity index (χ0) is 41.3. The van der Waals surface area contributed by atoms with Crippen LogP contribution in [0.25, 0.3) is 0 Å². The monoisotopic (exact) mass is 799 g/mol. The second-order valence-corrected chi connectivity index (χ2v) is 19.9. The minimum absolute atomic E-state index is 0.0305. The highest BCUT2D eigenvalue weighted by atomic mass is 31.1. The maximum absolute atomic E-state index is 5.87. The van der Waals surface area contributed by atoms with Gasteiger partial charge < -0.3 is 18.9 Å². The van der Waals surface area contributed by atoms with E-state index >= 15 is 0 Å². The van der Waals surface area contributed by atoms with Gasteiger partial charge in [-0.1, -0.05) is 36.4 Å². The summed E-state index contributed by atoms with van der Waals surface area (Å²) in [7, 11) is 9.62. The summed E-state index contributed by atoms with van der Waals surface area (Å²) in [6.45, 7) is 17.3. The van der Waals surface area contributed by atoms with Crippen LogP contribution >= 0.6 is 15.8 Å². The lowest BCUT2D eigenvalue weighted by Crippen LogP contribution is -2.31. The smallest absolute Gasteiger partial charge is 0.124 e. The number of methoxy groups -OCH3 is 4. The molecule has 5 aromatic carbocycles. The zero-order valence-corrected chi connectivity index (χ0v) is 38.1. The lowest BCUT2D eigenvalue weighted by molar-refractivity contribution is 0.336. The van der Waals surface area contributed by atoms with E-state index in [1.807, 2.05) is 0 Å². The van der Waals surface area contributed by atoms with Crippen LogP contribution in [0.15, 0.2) is 95.8 Å². The van der Waals surface area contributed by atoms with Crippen LogP contribution in [-0.2, 0) is 0 Å². The van der Waals surface area contributed by atoms with Gasteiger partial charge in [-0.15, -0.1) is 0 Å². The molecule has 0 heterocycles. The van der Waals surface area contributed by atoms with Crippen LogP contribution < -0.4 is 45.5 Å². The molecule has 0 N–H and O–H groups in total. The third kappa shape index (κ3) is 8.18. The first-order chi connectivity index (χ1) is 27.2. The molecule has 0 aliphatic heterocycles. The fourth-order valence-corrected chi connectivity index (χ4v) is 14.8. The Labute approximate surface area is 344 Å². The Morgan fingerprint density at radius 1 is 0.491 bits per heavy atom. The molecule has 0 spiro atoms. The highest BCUT2D eigenvalue weighted by Gasteiger charge is 2.33. The van der Waals surface area contributed by atoms with Crippen molar-refractivity contribution >= 4 is 42.4 Å². The fourth-order valence-electron chi connectivity index (χ4n) is 9.05. The molecule has 0 saturated heterocycles. The van der Waals surface area contributed by atoms with Crippen LogP contribution in [0.2, 0.25) is 0 Å². The zero-order valence-electron chi connectivity index (χ0n) is 36.3. The van der Waals surface area contributed by atoms with E-state index in [0.717, 1.165) is 73.9 Å². The molecule has 298 valence electrons. The molecule has 6 rings (SSSR count). The number of nitrogens with zero attached hydrogens (tertiary/aromatic N) is 1. The van der Waals surface area contributed by atoms with Gasteiger partial charge in [0.25, 0.3) is 0 Å². The second kappa shape index (κ2) is 17.6. The Kier molecular flexibility index (Phi) is 13.0. The van der Waals surface area contributed by atoms with Crippen LogP contribution in [0.3, 0.4) is 0 Å². The van der Waals surface area contributed by atoms with E-state index in [2.05, 4.69) is 159 Å². The van der Waals surface area contributed by atoms with Crippen LogP contribution in [0.5, 0.6) is 23.0 Å². The third-order valence-corrected chi connectivity index (χ3v) is 16.0. The Balaban J connectivity index is 1.64. The fraction of sp³-hybridized carbons (Fsp3) is 0.320. The van der Waals surface area contributed by atoms with Crippen LogP contribution in [0.1, 0.15) is 62.5 Å². The highest BCUT2D eigenvalue weighted by Crippen LogP contribution is 2.53. The SMILES string of the molecule is COc1c(C)cc(P(C2=C([C@@H](c3ccccc3P(c3cc(C)c(OC)c(C)c3)c3cc(C)c(OC)c(C)c3)N(C)C)CC=C2)c2cc(C)c(OC)c(C)c2)cc1C. The first-order valence-corrected chi connectivity index (χ1v) is 22.3. The Morgan fingerprint density at radius 2 is 0.825 bits per heavy atom. The molecule has 1 atom stereocenters. The molecular weight excluding hydrogens is 741 g/mol. The maximum atomic E-state index is 5.87. The van der Waals surface area contributed by atoms with Crippen molar-refractivity contribution in [3.63, 3.8) is 0 Å². The number of hydrogen-bond acceptors (Lipinski definition) is 5. The largest absolute Gasteiger partial charge is 0.496 e. The molecule has 0 amide bonds. The average molecular weight is 800 g/mol. The summed E-state index contributed by atoms with van der Waals surface area (Å²) in [5.74, 6) is 3.80. The highest BCUT2D eigenvalue weighted by molar-refractivity contribution is 7.80. The first-order valence-electron chi connectivity index (χ1n) is 19.6. The summed E-state index contributed by atoms with van der Waals surface area (Å²) in [5.41, 5.74) is 12.0. The maximum Gasteiger partial charge on any atom is 0.124 e. The van der Waals surface area contributed by atoms with E-state index < -0.39 is 15.8 Å². The standard InChI is InChI=1S/C50H59NO4P2/c1-30-22-38(23-31(2)47(30)52-11)56(39-24-32(3)48(53-12)33(4)25-39)44-20-16-15-18-42(44)46(51(9)10)43-19-17-21-45(43)57(40-26-34(5)49(54-13)35(6)27-40)41-28-36(7)50(55-14)37(8)29-41/h15-18,20-29,46H,19H2,1-14H3/t46-/m1/s1. The lowest BCUT2D eigenvalue weighted by atomic mass is 9.96. The van der Waals surface area contributed by atoms with Gasteiger partial charge in [0, 0.05) is 0 Å². The summed E-state index contributed by atoms with van der Waals surface area (Å²) < 4.78 is 23.5. The van der Waals surface area contributed by atoms with Crippen molar-refractivity contribution in [1.29, 1.82) is 0 Å². The van der Waals surface area contributed by atoms with Crippen molar-refractivity contribution in [2.75, 3.05) is 42.5 Å². The van der Waals surface area contributed by atoms with Gasteiger partial charge in [0.1, 0.15) is 23.0 Å². The number of rotatable bonds is 13. The Hall–Kier alpha value is -4.40. The van der Waals surface area contributed by atoms with Crippen molar-refractivity contribution in [1.82, 2.24) is 4.90 Å². The number of hydrogen-bond donors (Lipinski definition) is 0. The molecule has 1 aliphatic carbocycles. The van der Waals surface area contributed by atoms with E-state index in [4.69, 9.17) is 18.9 Å². The first kappa shape index (κ1) is 42.2. The minimum Gasteiger partial charge on any atom is -0.496 e. The predicted octanol–water partition coefficient (Wildman–Crippen LogP) is 9.90. The lowest BCUT2D eigenvalue weighted by Gasteiger charge is -2.34. The topological polar surface area (TPSA) is 40.2 Å². The Morgan fingerprint density at radius 3 is 1.16 bits per heavy atom. The molecule has 5 nitrogen and oxygen atoms in total. The minimum atomic E-state index is -0.987. The summed E-state index contributed by atoms with van der Waals surface area (Å²) in [4.78, 5) is 2.42. The van der Waals surface area contributed by atoms with E-state index in [1.165, 1.54) is 43.0 Å². The predicted molar refractivity (Wildman–Crippen MR) is 246 cm³/mol. The molecule has 57 heavy (non-hydrogen) atoms. The van der Waals surface area contributed by atoms with Gasteiger partial charge in [-0.3, -0.25) is 4.90 Å². The van der Waals surface area contributed by atoms with Crippen molar-refractivity contribution < 1.29 is 18.9 Å². The molecule has 0 radical (unpaired) electrons. The van der Waals surface area contributed by atoms with Crippen LogP contribution in [0.4, 0.5) is 0 Å². The van der Waals surface area contributed by atoms with Gasteiger partial charge in [-0.05, 0) is 228 Å². The Bertz CT molecular complexity index is 2160. The quantitative estimate of drug-likeness (QED) is 0.111. The number of benzene rings is 5. The molecule has 5 aromatic rings. The van der Waals surface area contributed by atoms with Crippen molar-refractivity contribution in [3.8, 4) is 23.0 Å². The molecule has 0 saturated carbocycles. The van der Waals surface area contributed by atoms with Gasteiger partial charge >= 0.3 is 0 Å². The van der Waals surface area contributed by atoms with Crippen molar-refractivity contribution in [3.05, 3.63) is 146 Å². The van der Waals surface area contributed by atoms with Gasteiger partial charge in [0.15, 0.2) is 0 Å². The second-order valence-electron chi connectivity index (χ2n) is 15.6. The molecule has 0 unspecified atom stereocenters. The molecular formula is C50H59NO4P2. The van der Waals surface area contributed by atoms with Crippen LogP contribution in [-0.4, -0.2) is 47.4 Å². The number of aryl methyl sites for hydroxylation is 8. The summed E-state index contributed by atoms with van der Waals surface area (Å²) >= 11 is 0. The molecule has 1 aliphatic rings. The number of allylic oxidation sites excluding steroid dienone is 3. The third-order valence-electron chi connectivity index (χ3n) is 11.1. The van der Waals surface area contributed by atoms with Crippen molar-refractivity contribution in [2.45, 2.75) is 67.9 Å². The van der Waals surface area contributed by atoms with E-state index in [9.17, 15) is 0 Å². The van der Waals surface area contributed by atoms with Gasteiger partial charge in [-0.2, -0.15) is 0 Å². The summed E-state index contributed by atoms with van der Waals surface area (Å²) in [5, 5.41) is 8.03. The van der Waals surface area contributed by atoms with Gasteiger partial charge in [0.05, 0.1) is 34.5 Å². The molecule has 0 fully saturated rings. The molecule has 0 bridgehead atoms. The average Bonchev–Trinajstić information content (AvgIpc) is 3.60. The molecule has 7 heteroatoms. The van der Waals surface area contributed by atoms with Crippen LogP contribution in [0, 0.1) is 55.4 Å². The van der Waals surface area contributed by atoms with E-state index in [-0.39, 0.29) is 6.04 Å². The summed E-state index contributed by atoms with van der Waals surface area (Å²) in [6.07, 6.45) is 5.67. The van der Waals surface area contributed by atoms with Gasteiger partial charge in [-0.25, -0.2) is 0 Å². The summed E-state index contributed by atoms with van der Waals surface area (Å²) in [6, 6.07) is 28.0. The van der Waals surface area contributed by atoms with Gasteiger partial charge in [0.2, 0.25) is 0 Å². The number of ether oxygens (including phenoxy) is 4. The molecule has 0 aromatic heterocycles. The van der Waals surface area contributed by atoms with E-state index in [0.29, 0.717) is 0 Å². The van der Waals surface area contributed by atoms with Crippen molar-refractivity contribution in [2.24, 2.45) is 0 Å². The normalized spacial score (nSPS) is 13.3. The van der Waals surface area contributed by atoms with E-state index in [1.54, 1.807) is 28.4 Å².